The SMILES string of the molecule is Cc1ccccc1N1CCN([C@H](C)C(=O)N(C)Cc2ccccc2)CC1. The van der Waals surface area contributed by atoms with Gasteiger partial charge in [-0.25, -0.2) is 0 Å². The highest BCUT2D eigenvalue weighted by atomic mass is 16.2. The molecular formula is C22H29N3O. The smallest absolute Gasteiger partial charge is 0.239 e. The molecule has 2 aromatic carbocycles. The predicted molar refractivity (Wildman–Crippen MR) is 107 cm³/mol. The van der Waals surface area contributed by atoms with Crippen molar-refractivity contribution in [3.63, 3.8) is 0 Å². The number of benzene rings is 2. The summed E-state index contributed by atoms with van der Waals surface area (Å²) < 4.78 is 0. The number of para-hydroxylation sites is 1. The van der Waals surface area contributed by atoms with Gasteiger partial charge in [-0.05, 0) is 31.0 Å². The minimum Gasteiger partial charge on any atom is -0.369 e. The highest BCUT2D eigenvalue weighted by molar-refractivity contribution is 5.81. The highest BCUT2D eigenvalue weighted by Gasteiger charge is 2.27. The molecule has 0 saturated carbocycles. The van der Waals surface area contributed by atoms with Crippen LogP contribution in [-0.4, -0.2) is 55.0 Å². The van der Waals surface area contributed by atoms with Gasteiger partial charge >= 0.3 is 0 Å². The van der Waals surface area contributed by atoms with Crippen LogP contribution in [0.3, 0.4) is 0 Å². The van der Waals surface area contributed by atoms with Crippen molar-refractivity contribution in [2.24, 2.45) is 0 Å². The summed E-state index contributed by atoms with van der Waals surface area (Å²) in [6.07, 6.45) is 0. The molecule has 2 aromatic rings. The number of amides is 1. The summed E-state index contributed by atoms with van der Waals surface area (Å²) in [5, 5.41) is 0. The van der Waals surface area contributed by atoms with Crippen LogP contribution in [0.4, 0.5) is 5.69 Å². The Balaban J connectivity index is 1.55. The van der Waals surface area contributed by atoms with Gasteiger partial charge in [0.15, 0.2) is 0 Å². The Morgan fingerprint density at radius 2 is 1.62 bits per heavy atom. The number of aryl methyl sites for hydroxylation is 1. The molecule has 0 radical (unpaired) electrons. The van der Waals surface area contributed by atoms with Gasteiger partial charge in [0.1, 0.15) is 0 Å². The lowest BCUT2D eigenvalue weighted by molar-refractivity contribution is -0.135. The number of carbonyl (C=O) groups is 1. The van der Waals surface area contributed by atoms with E-state index in [4.69, 9.17) is 0 Å². The first-order valence-electron chi connectivity index (χ1n) is 9.40. The monoisotopic (exact) mass is 351 g/mol. The third-order valence-corrected chi connectivity index (χ3v) is 5.31. The molecule has 0 aliphatic carbocycles. The van der Waals surface area contributed by atoms with Crippen molar-refractivity contribution in [1.82, 2.24) is 9.80 Å². The van der Waals surface area contributed by atoms with Crippen molar-refractivity contribution < 1.29 is 4.79 Å². The molecule has 4 heteroatoms. The first-order chi connectivity index (χ1) is 12.6. The Bertz CT molecular complexity index is 723. The van der Waals surface area contributed by atoms with Crippen LogP contribution in [0.25, 0.3) is 0 Å². The van der Waals surface area contributed by atoms with E-state index in [1.165, 1.54) is 16.8 Å². The summed E-state index contributed by atoms with van der Waals surface area (Å²) in [6, 6.07) is 18.6. The fourth-order valence-electron chi connectivity index (χ4n) is 3.68. The van der Waals surface area contributed by atoms with Crippen molar-refractivity contribution in [3.05, 3.63) is 65.7 Å². The number of rotatable bonds is 5. The molecule has 1 aliphatic heterocycles. The number of hydrogen-bond donors (Lipinski definition) is 0. The van der Waals surface area contributed by atoms with E-state index in [1.807, 2.05) is 37.1 Å². The van der Waals surface area contributed by atoms with Crippen molar-refractivity contribution in [3.8, 4) is 0 Å². The van der Waals surface area contributed by atoms with Gasteiger partial charge in [-0.3, -0.25) is 9.69 Å². The van der Waals surface area contributed by atoms with E-state index in [9.17, 15) is 4.79 Å². The zero-order valence-electron chi connectivity index (χ0n) is 16.1. The van der Waals surface area contributed by atoms with E-state index in [2.05, 4.69) is 53.1 Å². The number of anilines is 1. The summed E-state index contributed by atoms with van der Waals surface area (Å²) in [4.78, 5) is 19.4. The second-order valence-electron chi connectivity index (χ2n) is 7.17. The van der Waals surface area contributed by atoms with Crippen LogP contribution < -0.4 is 4.90 Å². The van der Waals surface area contributed by atoms with E-state index < -0.39 is 0 Å². The van der Waals surface area contributed by atoms with Crippen LogP contribution in [0.2, 0.25) is 0 Å². The predicted octanol–water partition coefficient (Wildman–Crippen LogP) is 3.16. The molecule has 138 valence electrons. The van der Waals surface area contributed by atoms with E-state index >= 15 is 0 Å². The molecule has 1 heterocycles. The van der Waals surface area contributed by atoms with E-state index in [0.29, 0.717) is 6.54 Å². The molecular weight excluding hydrogens is 322 g/mol. The zero-order valence-corrected chi connectivity index (χ0v) is 16.1. The summed E-state index contributed by atoms with van der Waals surface area (Å²) >= 11 is 0. The van der Waals surface area contributed by atoms with Crippen LogP contribution in [0.5, 0.6) is 0 Å². The van der Waals surface area contributed by atoms with Gasteiger partial charge in [-0.1, -0.05) is 48.5 Å². The number of nitrogens with zero attached hydrogens (tertiary/aromatic N) is 3. The maximum Gasteiger partial charge on any atom is 0.239 e. The fraction of sp³-hybridized carbons (Fsp3) is 0.409. The largest absolute Gasteiger partial charge is 0.369 e. The Morgan fingerprint density at radius 3 is 2.27 bits per heavy atom. The van der Waals surface area contributed by atoms with E-state index in [1.54, 1.807) is 0 Å². The summed E-state index contributed by atoms with van der Waals surface area (Å²) in [5.41, 5.74) is 3.79. The van der Waals surface area contributed by atoms with Crippen LogP contribution in [-0.2, 0) is 11.3 Å². The fourth-order valence-corrected chi connectivity index (χ4v) is 3.68. The third-order valence-electron chi connectivity index (χ3n) is 5.31. The number of carbonyl (C=O) groups excluding carboxylic acids is 1. The van der Waals surface area contributed by atoms with Gasteiger partial charge in [0, 0.05) is 45.5 Å². The lowest BCUT2D eigenvalue weighted by atomic mass is 10.1. The molecule has 3 rings (SSSR count). The molecule has 1 amide bonds. The number of piperazine rings is 1. The van der Waals surface area contributed by atoms with Crippen LogP contribution in [0, 0.1) is 6.92 Å². The van der Waals surface area contributed by atoms with E-state index in [0.717, 1.165) is 26.2 Å². The van der Waals surface area contributed by atoms with Gasteiger partial charge in [0.05, 0.1) is 6.04 Å². The van der Waals surface area contributed by atoms with Crippen LogP contribution in [0.1, 0.15) is 18.1 Å². The van der Waals surface area contributed by atoms with Gasteiger partial charge < -0.3 is 9.80 Å². The second-order valence-corrected chi connectivity index (χ2v) is 7.17. The van der Waals surface area contributed by atoms with Crippen molar-refractivity contribution >= 4 is 11.6 Å². The molecule has 1 saturated heterocycles. The lowest BCUT2D eigenvalue weighted by Crippen LogP contribution is -2.54. The number of likely N-dealkylation sites (N-methyl/N-ethyl adjacent to an activating group) is 1. The average molecular weight is 351 g/mol. The Hall–Kier alpha value is -2.33. The second kappa shape index (κ2) is 8.37. The summed E-state index contributed by atoms with van der Waals surface area (Å²) in [7, 11) is 1.90. The van der Waals surface area contributed by atoms with Crippen LogP contribution in [0.15, 0.2) is 54.6 Å². The third kappa shape index (κ3) is 4.25. The average Bonchev–Trinajstić information content (AvgIpc) is 2.68. The van der Waals surface area contributed by atoms with Crippen molar-refractivity contribution in [2.75, 3.05) is 38.1 Å². The topological polar surface area (TPSA) is 26.8 Å². The molecule has 1 aliphatic rings. The van der Waals surface area contributed by atoms with E-state index in [-0.39, 0.29) is 11.9 Å². The van der Waals surface area contributed by atoms with Crippen molar-refractivity contribution in [2.45, 2.75) is 26.4 Å². The maximum atomic E-state index is 12.8. The first kappa shape index (κ1) is 18.5. The minimum atomic E-state index is -0.0808. The molecule has 1 fully saturated rings. The Labute approximate surface area is 157 Å². The maximum absolute atomic E-state index is 12.8. The van der Waals surface area contributed by atoms with Gasteiger partial charge in [0.2, 0.25) is 5.91 Å². The van der Waals surface area contributed by atoms with Gasteiger partial charge in [-0.2, -0.15) is 0 Å². The molecule has 0 spiro atoms. The van der Waals surface area contributed by atoms with Gasteiger partial charge in [-0.15, -0.1) is 0 Å². The number of hydrogen-bond acceptors (Lipinski definition) is 3. The minimum absolute atomic E-state index is 0.0808. The summed E-state index contributed by atoms with van der Waals surface area (Å²) in [5.74, 6) is 0.193. The van der Waals surface area contributed by atoms with Crippen LogP contribution >= 0.6 is 0 Å². The standard InChI is InChI=1S/C22H29N3O/c1-18-9-7-8-12-21(18)25-15-13-24(14-16-25)19(2)22(26)23(3)17-20-10-5-4-6-11-20/h4-12,19H,13-17H2,1-3H3/t19-/m1/s1. The molecule has 26 heavy (non-hydrogen) atoms. The Morgan fingerprint density at radius 1 is 1.00 bits per heavy atom. The molecule has 0 N–H and O–H groups in total. The van der Waals surface area contributed by atoms with Crippen molar-refractivity contribution in [1.29, 1.82) is 0 Å². The molecule has 0 aromatic heterocycles. The van der Waals surface area contributed by atoms with Gasteiger partial charge in [0.25, 0.3) is 0 Å². The molecule has 0 unspecified atom stereocenters. The quantitative estimate of drug-likeness (QED) is 0.828. The first-order valence-corrected chi connectivity index (χ1v) is 9.40. The summed E-state index contributed by atoms with van der Waals surface area (Å²) in [6.45, 7) is 8.61. The Kier molecular flexibility index (Phi) is 5.94. The molecule has 4 nitrogen and oxygen atoms in total. The normalized spacial score (nSPS) is 16.3. The highest BCUT2D eigenvalue weighted by Crippen LogP contribution is 2.21. The molecule has 1 atom stereocenters. The lowest BCUT2D eigenvalue weighted by Gasteiger charge is -2.40. The zero-order chi connectivity index (χ0) is 18.5. The molecule has 0 bridgehead atoms.